The van der Waals surface area contributed by atoms with E-state index in [9.17, 15) is 9.59 Å². The van der Waals surface area contributed by atoms with E-state index in [0.717, 1.165) is 4.47 Å². The van der Waals surface area contributed by atoms with Gasteiger partial charge in [-0.2, -0.15) is 0 Å². The zero-order valence-corrected chi connectivity index (χ0v) is 15.0. The van der Waals surface area contributed by atoms with E-state index in [4.69, 9.17) is 16.3 Å². The Hall–Kier alpha value is -1.37. The number of rotatable bonds is 5. The van der Waals surface area contributed by atoms with Crippen molar-refractivity contribution in [3.8, 4) is 5.75 Å². The van der Waals surface area contributed by atoms with Crippen molar-refractivity contribution in [3.05, 3.63) is 55.9 Å². The third kappa shape index (κ3) is 4.56. The maximum absolute atomic E-state index is 11.9. The van der Waals surface area contributed by atoms with Gasteiger partial charge in [0.25, 0.3) is 5.91 Å². The molecule has 0 aliphatic heterocycles. The summed E-state index contributed by atoms with van der Waals surface area (Å²) in [6.07, 6.45) is 0.669. The van der Waals surface area contributed by atoms with E-state index in [1.54, 1.807) is 36.4 Å². The average molecular weight is 448 g/mol. The molecule has 0 radical (unpaired) electrons. The van der Waals surface area contributed by atoms with E-state index in [1.165, 1.54) is 0 Å². The van der Waals surface area contributed by atoms with Gasteiger partial charge in [-0.05, 0) is 52.3 Å². The van der Waals surface area contributed by atoms with Gasteiger partial charge in [-0.1, -0.05) is 27.5 Å². The van der Waals surface area contributed by atoms with Gasteiger partial charge in [0.15, 0.2) is 12.9 Å². The highest BCUT2D eigenvalue weighted by molar-refractivity contribution is 9.11. The van der Waals surface area contributed by atoms with Crippen LogP contribution in [0.25, 0.3) is 0 Å². The fourth-order valence-electron chi connectivity index (χ4n) is 1.69. The van der Waals surface area contributed by atoms with Crippen molar-refractivity contribution in [1.29, 1.82) is 0 Å². The topological polar surface area (TPSA) is 55.4 Å². The number of hydrogen-bond acceptors (Lipinski definition) is 3. The minimum atomic E-state index is -0.339. The van der Waals surface area contributed by atoms with Crippen LogP contribution in [-0.2, 0) is 4.79 Å². The first-order valence-corrected chi connectivity index (χ1v) is 8.08. The first-order chi connectivity index (χ1) is 10.5. The number of carbonyl (C=O) groups is 2. The molecule has 0 unspecified atom stereocenters. The van der Waals surface area contributed by atoms with Crippen molar-refractivity contribution in [2.45, 2.75) is 0 Å². The van der Waals surface area contributed by atoms with E-state index in [0.29, 0.717) is 32.8 Å². The highest BCUT2D eigenvalue weighted by atomic mass is 79.9. The number of benzene rings is 2. The molecule has 22 heavy (non-hydrogen) atoms. The lowest BCUT2D eigenvalue weighted by Gasteiger charge is -2.11. The fraction of sp³-hybridized carbons (Fsp3) is 0.0667. The normalized spacial score (nSPS) is 10.1. The van der Waals surface area contributed by atoms with E-state index in [2.05, 4.69) is 37.2 Å². The summed E-state index contributed by atoms with van der Waals surface area (Å²) < 4.78 is 6.76. The van der Waals surface area contributed by atoms with Crippen LogP contribution in [0.4, 0.5) is 5.69 Å². The third-order valence-corrected chi connectivity index (χ3v) is 3.94. The van der Waals surface area contributed by atoms with Crippen LogP contribution in [0.3, 0.4) is 0 Å². The molecule has 0 fully saturated rings. The van der Waals surface area contributed by atoms with Gasteiger partial charge in [-0.25, -0.2) is 0 Å². The smallest absolute Gasteiger partial charge is 0.262 e. The zero-order chi connectivity index (χ0) is 16.1. The Balaban J connectivity index is 2.02. The Kier molecular flexibility index (Phi) is 5.99. The van der Waals surface area contributed by atoms with E-state index < -0.39 is 0 Å². The van der Waals surface area contributed by atoms with Gasteiger partial charge in [0.1, 0.15) is 5.75 Å². The van der Waals surface area contributed by atoms with Crippen LogP contribution in [-0.4, -0.2) is 18.8 Å². The van der Waals surface area contributed by atoms with Crippen molar-refractivity contribution in [3.63, 3.8) is 0 Å². The molecule has 1 N–H and O–H groups in total. The lowest BCUT2D eigenvalue weighted by Crippen LogP contribution is -2.20. The first-order valence-electron chi connectivity index (χ1n) is 6.12. The van der Waals surface area contributed by atoms with Crippen LogP contribution in [0, 0.1) is 0 Å². The minimum Gasteiger partial charge on any atom is -0.482 e. The molecule has 0 spiro atoms. The summed E-state index contributed by atoms with van der Waals surface area (Å²) in [6.45, 7) is -0.219. The monoisotopic (exact) mass is 445 g/mol. The Labute approximate surface area is 149 Å². The van der Waals surface area contributed by atoms with Crippen LogP contribution in [0.2, 0.25) is 5.02 Å². The number of carbonyl (C=O) groups excluding carboxylic acids is 2. The molecule has 0 aliphatic carbocycles. The van der Waals surface area contributed by atoms with Crippen LogP contribution < -0.4 is 10.1 Å². The molecule has 0 heterocycles. The number of nitrogens with one attached hydrogen (secondary N) is 1. The number of hydrogen-bond donors (Lipinski definition) is 1. The summed E-state index contributed by atoms with van der Waals surface area (Å²) in [7, 11) is 0. The van der Waals surface area contributed by atoms with E-state index >= 15 is 0 Å². The van der Waals surface area contributed by atoms with Crippen LogP contribution >= 0.6 is 43.5 Å². The molecular formula is C15H10Br2ClNO3. The summed E-state index contributed by atoms with van der Waals surface area (Å²) in [5.41, 5.74) is 0.962. The van der Waals surface area contributed by atoms with Gasteiger partial charge in [0.05, 0.1) is 10.0 Å². The molecule has 0 aliphatic rings. The van der Waals surface area contributed by atoms with E-state index in [-0.39, 0.29) is 12.5 Å². The summed E-state index contributed by atoms with van der Waals surface area (Å²) >= 11 is 12.4. The molecule has 0 aromatic heterocycles. The quantitative estimate of drug-likeness (QED) is 0.677. The van der Waals surface area contributed by atoms with Crippen molar-refractivity contribution >= 4 is 61.3 Å². The van der Waals surface area contributed by atoms with Gasteiger partial charge >= 0.3 is 0 Å². The van der Waals surface area contributed by atoms with Crippen molar-refractivity contribution < 1.29 is 14.3 Å². The zero-order valence-electron chi connectivity index (χ0n) is 11.1. The second-order valence-electron chi connectivity index (χ2n) is 4.27. The summed E-state index contributed by atoms with van der Waals surface area (Å²) in [6, 6.07) is 10.1. The second kappa shape index (κ2) is 7.76. The maximum atomic E-state index is 11.9. The molecule has 2 aromatic carbocycles. The molecule has 2 aromatic rings. The SMILES string of the molecule is O=Cc1cc(Br)cc(Br)c1OCC(=O)Nc1ccc(Cl)cc1. The van der Waals surface area contributed by atoms with Gasteiger partial charge in [-0.15, -0.1) is 0 Å². The standard InChI is InChI=1S/C15H10Br2ClNO3/c16-10-5-9(7-20)15(13(17)6-10)22-8-14(21)19-12-3-1-11(18)2-4-12/h1-7H,8H2,(H,19,21). The highest BCUT2D eigenvalue weighted by Gasteiger charge is 2.12. The summed E-state index contributed by atoms with van der Waals surface area (Å²) in [5, 5.41) is 3.26. The van der Waals surface area contributed by atoms with Gasteiger partial charge < -0.3 is 10.1 Å². The predicted octanol–water partition coefficient (Wildman–Crippen LogP) is 4.70. The molecule has 2 rings (SSSR count). The molecule has 114 valence electrons. The van der Waals surface area contributed by atoms with Gasteiger partial charge in [0, 0.05) is 15.2 Å². The van der Waals surface area contributed by atoms with E-state index in [1.807, 2.05) is 0 Å². The Morgan fingerprint density at radius 3 is 2.55 bits per heavy atom. The molecule has 1 amide bonds. The Morgan fingerprint density at radius 1 is 1.23 bits per heavy atom. The maximum Gasteiger partial charge on any atom is 0.262 e. The fourth-order valence-corrected chi connectivity index (χ4v) is 3.19. The van der Waals surface area contributed by atoms with Gasteiger partial charge in [0.2, 0.25) is 0 Å². The lowest BCUT2D eigenvalue weighted by atomic mass is 10.2. The summed E-state index contributed by atoms with van der Waals surface area (Å²) in [4.78, 5) is 22.9. The number of anilines is 1. The van der Waals surface area contributed by atoms with Crippen molar-refractivity contribution in [2.75, 3.05) is 11.9 Å². The number of halogens is 3. The molecule has 0 saturated carbocycles. The molecule has 0 saturated heterocycles. The number of amides is 1. The van der Waals surface area contributed by atoms with Crippen LogP contribution in [0.5, 0.6) is 5.75 Å². The lowest BCUT2D eigenvalue weighted by molar-refractivity contribution is -0.118. The average Bonchev–Trinajstić information content (AvgIpc) is 2.48. The molecular weight excluding hydrogens is 437 g/mol. The van der Waals surface area contributed by atoms with Crippen LogP contribution in [0.15, 0.2) is 45.3 Å². The number of aldehydes is 1. The molecule has 0 atom stereocenters. The molecule has 4 nitrogen and oxygen atoms in total. The Morgan fingerprint density at radius 2 is 1.91 bits per heavy atom. The highest BCUT2D eigenvalue weighted by Crippen LogP contribution is 2.32. The third-order valence-electron chi connectivity index (χ3n) is 2.64. The largest absolute Gasteiger partial charge is 0.482 e. The van der Waals surface area contributed by atoms with Crippen molar-refractivity contribution in [2.24, 2.45) is 0 Å². The van der Waals surface area contributed by atoms with Crippen LogP contribution in [0.1, 0.15) is 10.4 Å². The first kappa shape index (κ1) is 17.0. The molecule has 0 bridgehead atoms. The Bertz CT molecular complexity index is 705. The minimum absolute atomic E-state index is 0.219. The second-order valence-corrected chi connectivity index (χ2v) is 6.47. The van der Waals surface area contributed by atoms with Gasteiger partial charge in [-0.3, -0.25) is 9.59 Å². The van der Waals surface area contributed by atoms with Crippen molar-refractivity contribution in [1.82, 2.24) is 0 Å². The molecule has 7 heteroatoms. The summed E-state index contributed by atoms with van der Waals surface area (Å²) in [5.74, 6) is -0.0153. The number of ether oxygens (including phenoxy) is 1. The predicted molar refractivity (Wildman–Crippen MR) is 92.8 cm³/mol.